The highest BCUT2D eigenvalue weighted by Crippen LogP contribution is 2.32. The zero-order valence-corrected chi connectivity index (χ0v) is 17.3. The second-order valence-electron chi connectivity index (χ2n) is 7.08. The summed E-state index contributed by atoms with van der Waals surface area (Å²) in [6.07, 6.45) is 0. The average Bonchev–Trinajstić information content (AvgIpc) is 3.14. The van der Waals surface area contributed by atoms with Crippen LogP contribution in [0.15, 0.2) is 65.1 Å². The third-order valence-electron chi connectivity index (χ3n) is 4.94. The van der Waals surface area contributed by atoms with Crippen molar-refractivity contribution in [2.45, 2.75) is 13.5 Å². The topological polar surface area (TPSA) is 94.8 Å². The maximum atomic E-state index is 12.5. The van der Waals surface area contributed by atoms with Crippen molar-refractivity contribution in [3.8, 4) is 5.75 Å². The molecule has 0 radical (unpaired) electrons. The predicted octanol–water partition coefficient (Wildman–Crippen LogP) is 4.61. The standard InChI is InChI=1S/C24H17F2NO6/c1-13-17-11-8-14-4-2-3-5-18(14)21(17)33-20(13)23(30)31-12-19(28)27-22(29)15-6-9-16(10-7-15)32-24(25)26/h2-11,24H,12H2,1H3,(H,27,28,29). The lowest BCUT2D eigenvalue weighted by molar-refractivity contribution is -0.123. The first kappa shape index (κ1) is 21.9. The van der Waals surface area contributed by atoms with Crippen molar-refractivity contribution in [3.63, 3.8) is 0 Å². The van der Waals surface area contributed by atoms with E-state index in [0.29, 0.717) is 11.1 Å². The number of esters is 1. The monoisotopic (exact) mass is 453 g/mol. The molecule has 0 aliphatic carbocycles. The summed E-state index contributed by atoms with van der Waals surface area (Å²) < 4.78 is 39.3. The summed E-state index contributed by atoms with van der Waals surface area (Å²) in [5.41, 5.74) is 1.15. The lowest BCUT2D eigenvalue weighted by atomic mass is 10.1. The van der Waals surface area contributed by atoms with E-state index in [4.69, 9.17) is 9.15 Å². The Morgan fingerprint density at radius 3 is 2.42 bits per heavy atom. The summed E-state index contributed by atoms with van der Waals surface area (Å²) in [7, 11) is 0. The molecule has 1 heterocycles. The van der Waals surface area contributed by atoms with Gasteiger partial charge in [0.05, 0.1) is 0 Å². The number of hydrogen-bond donors (Lipinski definition) is 1. The van der Waals surface area contributed by atoms with Crippen molar-refractivity contribution < 1.29 is 37.1 Å². The van der Waals surface area contributed by atoms with Gasteiger partial charge in [0.25, 0.3) is 11.8 Å². The Morgan fingerprint density at radius 2 is 1.70 bits per heavy atom. The van der Waals surface area contributed by atoms with E-state index in [1.54, 1.807) is 6.92 Å². The van der Waals surface area contributed by atoms with E-state index < -0.39 is 31.0 Å². The quantitative estimate of drug-likeness (QED) is 0.429. The second-order valence-corrected chi connectivity index (χ2v) is 7.08. The van der Waals surface area contributed by atoms with Crippen LogP contribution in [-0.2, 0) is 9.53 Å². The van der Waals surface area contributed by atoms with Gasteiger partial charge in [-0.1, -0.05) is 36.4 Å². The molecule has 4 aromatic rings. The van der Waals surface area contributed by atoms with Crippen molar-refractivity contribution in [2.24, 2.45) is 0 Å². The number of ether oxygens (including phenoxy) is 2. The minimum absolute atomic E-state index is 0.0323. The zero-order valence-electron chi connectivity index (χ0n) is 17.3. The first-order valence-electron chi connectivity index (χ1n) is 9.80. The van der Waals surface area contributed by atoms with Crippen molar-refractivity contribution in [1.29, 1.82) is 0 Å². The van der Waals surface area contributed by atoms with Crippen LogP contribution in [0.2, 0.25) is 0 Å². The van der Waals surface area contributed by atoms with Gasteiger partial charge in [-0.3, -0.25) is 14.9 Å². The number of rotatable bonds is 6. The fourth-order valence-corrected chi connectivity index (χ4v) is 3.36. The van der Waals surface area contributed by atoms with Crippen LogP contribution in [0.25, 0.3) is 21.7 Å². The minimum Gasteiger partial charge on any atom is -0.450 e. The molecule has 0 saturated heterocycles. The maximum absolute atomic E-state index is 12.5. The lowest BCUT2D eigenvalue weighted by Gasteiger charge is -2.07. The molecule has 0 bridgehead atoms. The summed E-state index contributed by atoms with van der Waals surface area (Å²) in [5, 5.41) is 4.59. The molecule has 0 atom stereocenters. The van der Waals surface area contributed by atoms with Crippen LogP contribution in [0.3, 0.4) is 0 Å². The van der Waals surface area contributed by atoms with Gasteiger partial charge in [0.2, 0.25) is 5.76 Å². The Kier molecular flexibility index (Phi) is 6.03. The number of aryl methyl sites for hydroxylation is 1. The number of halogens is 2. The fourth-order valence-electron chi connectivity index (χ4n) is 3.36. The largest absolute Gasteiger partial charge is 0.450 e. The zero-order chi connectivity index (χ0) is 23.5. The summed E-state index contributed by atoms with van der Waals surface area (Å²) in [4.78, 5) is 36.7. The Bertz CT molecular complexity index is 1360. The van der Waals surface area contributed by atoms with Crippen LogP contribution in [0.5, 0.6) is 5.75 Å². The van der Waals surface area contributed by atoms with Crippen molar-refractivity contribution in [3.05, 3.63) is 77.6 Å². The first-order chi connectivity index (χ1) is 15.8. The van der Waals surface area contributed by atoms with E-state index in [2.05, 4.69) is 10.1 Å². The molecule has 0 fully saturated rings. The van der Waals surface area contributed by atoms with Crippen molar-refractivity contribution in [2.75, 3.05) is 6.61 Å². The van der Waals surface area contributed by atoms with Gasteiger partial charge in [0, 0.05) is 21.9 Å². The first-order valence-corrected chi connectivity index (χ1v) is 9.80. The van der Waals surface area contributed by atoms with Gasteiger partial charge in [0.15, 0.2) is 6.61 Å². The van der Waals surface area contributed by atoms with Gasteiger partial charge in [-0.25, -0.2) is 4.79 Å². The Morgan fingerprint density at radius 1 is 0.970 bits per heavy atom. The smallest absolute Gasteiger partial charge is 0.387 e. The van der Waals surface area contributed by atoms with Crippen molar-refractivity contribution >= 4 is 39.5 Å². The predicted molar refractivity (Wildman–Crippen MR) is 114 cm³/mol. The molecular formula is C24H17F2NO6. The molecule has 4 rings (SSSR count). The highest BCUT2D eigenvalue weighted by atomic mass is 19.3. The number of carbonyl (C=O) groups is 3. The van der Waals surface area contributed by atoms with Gasteiger partial charge >= 0.3 is 12.6 Å². The van der Waals surface area contributed by atoms with Gasteiger partial charge in [-0.05, 0) is 36.6 Å². The molecule has 0 saturated carbocycles. The van der Waals surface area contributed by atoms with Crippen LogP contribution in [0, 0.1) is 6.92 Å². The van der Waals surface area contributed by atoms with Crippen LogP contribution in [0.1, 0.15) is 26.5 Å². The number of hydrogen-bond acceptors (Lipinski definition) is 6. The molecule has 1 aromatic heterocycles. The number of amides is 2. The Balaban J connectivity index is 1.40. The van der Waals surface area contributed by atoms with Gasteiger partial charge in [-0.15, -0.1) is 0 Å². The molecule has 1 N–H and O–H groups in total. The van der Waals surface area contributed by atoms with Crippen LogP contribution in [0.4, 0.5) is 8.78 Å². The van der Waals surface area contributed by atoms with Crippen LogP contribution in [-0.4, -0.2) is 31.0 Å². The van der Waals surface area contributed by atoms with E-state index in [9.17, 15) is 23.2 Å². The molecule has 33 heavy (non-hydrogen) atoms. The number of nitrogens with one attached hydrogen (secondary N) is 1. The highest BCUT2D eigenvalue weighted by molar-refractivity contribution is 6.09. The fraction of sp³-hybridized carbons (Fsp3) is 0.125. The lowest BCUT2D eigenvalue weighted by Crippen LogP contribution is -2.34. The third-order valence-corrected chi connectivity index (χ3v) is 4.94. The second kappa shape index (κ2) is 9.07. The molecule has 0 unspecified atom stereocenters. The van der Waals surface area contributed by atoms with E-state index in [1.165, 1.54) is 24.3 Å². The summed E-state index contributed by atoms with van der Waals surface area (Å²) in [6.45, 7) is -1.99. The average molecular weight is 453 g/mol. The molecule has 0 aliphatic rings. The van der Waals surface area contributed by atoms with Gasteiger partial charge < -0.3 is 13.9 Å². The maximum Gasteiger partial charge on any atom is 0.387 e. The summed E-state index contributed by atoms with van der Waals surface area (Å²) in [6, 6.07) is 16.1. The third kappa shape index (κ3) is 4.67. The number of imide groups is 1. The molecule has 168 valence electrons. The SMILES string of the molecule is Cc1c(C(=O)OCC(=O)NC(=O)c2ccc(OC(F)F)cc2)oc2c1ccc1ccccc12. The number of benzene rings is 3. The normalized spacial score (nSPS) is 11.0. The molecule has 0 aliphatic heterocycles. The van der Waals surface area contributed by atoms with E-state index in [1.807, 2.05) is 36.4 Å². The number of alkyl halides is 2. The molecule has 7 nitrogen and oxygen atoms in total. The highest BCUT2D eigenvalue weighted by Gasteiger charge is 2.22. The summed E-state index contributed by atoms with van der Waals surface area (Å²) in [5.74, 6) is -2.65. The summed E-state index contributed by atoms with van der Waals surface area (Å²) >= 11 is 0. The minimum atomic E-state index is -2.99. The van der Waals surface area contributed by atoms with Gasteiger partial charge in [0.1, 0.15) is 11.3 Å². The number of fused-ring (bicyclic) bond motifs is 3. The molecule has 3 aromatic carbocycles. The van der Waals surface area contributed by atoms with Crippen LogP contribution < -0.4 is 10.1 Å². The molecule has 9 heteroatoms. The Hall–Kier alpha value is -4.27. The number of furan rings is 1. The van der Waals surface area contributed by atoms with E-state index in [0.717, 1.165) is 16.2 Å². The van der Waals surface area contributed by atoms with Gasteiger partial charge in [-0.2, -0.15) is 8.78 Å². The van der Waals surface area contributed by atoms with E-state index >= 15 is 0 Å². The van der Waals surface area contributed by atoms with Crippen molar-refractivity contribution in [1.82, 2.24) is 5.32 Å². The number of carbonyl (C=O) groups excluding carboxylic acids is 3. The molecule has 0 spiro atoms. The van der Waals surface area contributed by atoms with E-state index in [-0.39, 0.29) is 17.1 Å². The Labute approximate surface area is 185 Å². The van der Waals surface area contributed by atoms with Crippen LogP contribution >= 0.6 is 0 Å². The molecular weight excluding hydrogens is 436 g/mol. The molecule has 2 amide bonds.